The Morgan fingerprint density at radius 1 is 1.17 bits per heavy atom. The number of amides is 1. The highest BCUT2D eigenvalue weighted by molar-refractivity contribution is 5.94. The maximum atomic E-state index is 13.2. The van der Waals surface area contributed by atoms with Crippen LogP contribution in [0.25, 0.3) is 11.0 Å². The molecule has 1 N–H and O–H groups in total. The highest BCUT2D eigenvalue weighted by Gasteiger charge is 2.10. The van der Waals surface area contributed by atoms with Crippen LogP contribution in [0.3, 0.4) is 0 Å². The second-order valence-electron chi connectivity index (χ2n) is 5.35. The van der Waals surface area contributed by atoms with Gasteiger partial charge in [-0.05, 0) is 42.8 Å². The average molecular weight is 315 g/mol. The lowest BCUT2D eigenvalue weighted by atomic mass is 10.1. The van der Waals surface area contributed by atoms with E-state index in [-0.39, 0.29) is 12.1 Å². The Labute approximate surface area is 131 Å². The minimum atomic E-state index is -1.04. The topological polar surface area (TPSA) is 46.9 Å². The van der Waals surface area contributed by atoms with Crippen LogP contribution in [-0.4, -0.2) is 15.5 Å². The van der Waals surface area contributed by atoms with Gasteiger partial charge in [0.05, 0.1) is 11.0 Å². The first-order valence-electron chi connectivity index (χ1n) is 7.11. The van der Waals surface area contributed by atoms with Gasteiger partial charge in [0.25, 0.3) is 5.91 Å². The number of carbonyl (C=O) groups is 1. The number of rotatable bonds is 3. The molecule has 3 aromatic rings. The van der Waals surface area contributed by atoms with Crippen molar-refractivity contribution >= 4 is 16.9 Å². The molecule has 0 atom stereocenters. The molecule has 0 aliphatic heterocycles. The van der Waals surface area contributed by atoms with Gasteiger partial charge in [-0.2, -0.15) is 0 Å². The van der Waals surface area contributed by atoms with Crippen LogP contribution in [0.1, 0.15) is 21.7 Å². The molecule has 23 heavy (non-hydrogen) atoms. The number of aromatic nitrogens is 2. The van der Waals surface area contributed by atoms with E-state index in [2.05, 4.69) is 10.3 Å². The lowest BCUT2D eigenvalue weighted by Crippen LogP contribution is -2.23. The summed E-state index contributed by atoms with van der Waals surface area (Å²) >= 11 is 0. The van der Waals surface area contributed by atoms with Crippen LogP contribution < -0.4 is 5.32 Å². The molecule has 0 spiro atoms. The zero-order chi connectivity index (χ0) is 16.6. The molecule has 2 aromatic carbocycles. The van der Waals surface area contributed by atoms with E-state index in [1.165, 1.54) is 6.07 Å². The van der Waals surface area contributed by atoms with Gasteiger partial charge in [0, 0.05) is 19.2 Å². The summed E-state index contributed by atoms with van der Waals surface area (Å²) in [6, 6.07) is 8.80. The number of hydrogen-bond acceptors (Lipinski definition) is 2. The molecule has 0 fully saturated rings. The molecule has 0 aliphatic rings. The second-order valence-corrected chi connectivity index (χ2v) is 5.35. The third-order valence-corrected chi connectivity index (χ3v) is 3.80. The fourth-order valence-corrected chi connectivity index (χ4v) is 2.40. The number of imidazole rings is 1. The SMILES string of the molecule is Cc1nc2cc(CNC(=O)c3ccc(F)c(F)c3)ccc2n1C. The van der Waals surface area contributed by atoms with Crippen molar-refractivity contribution in [2.45, 2.75) is 13.5 Å². The molecule has 1 aromatic heterocycles. The molecule has 0 unspecified atom stereocenters. The average Bonchev–Trinajstić information content (AvgIpc) is 2.82. The van der Waals surface area contributed by atoms with Crippen LogP contribution >= 0.6 is 0 Å². The second kappa shape index (κ2) is 5.79. The number of carbonyl (C=O) groups excluding carboxylic acids is 1. The number of fused-ring (bicyclic) bond motifs is 1. The van der Waals surface area contributed by atoms with Gasteiger partial charge in [-0.1, -0.05) is 6.07 Å². The van der Waals surface area contributed by atoms with Crippen molar-refractivity contribution in [3.8, 4) is 0 Å². The van der Waals surface area contributed by atoms with E-state index in [1.807, 2.05) is 36.7 Å². The van der Waals surface area contributed by atoms with Crippen molar-refractivity contribution < 1.29 is 13.6 Å². The van der Waals surface area contributed by atoms with Gasteiger partial charge in [0.15, 0.2) is 11.6 Å². The van der Waals surface area contributed by atoms with Gasteiger partial charge in [-0.15, -0.1) is 0 Å². The van der Waals surface area contributed by atoms with Crippen LogP contribution in [0.5, 0.6) is 0 Å². The van der Waals surface area contributed by atoms with Crippen LogP contribution in [-0.2, 0) is 13.6 Å². The van der Waals surface area contributed by atoms with Crippen molar-refractivity contribution in [2.75, 3.05) is 0 Å². The van der Waals surface area contributed by atoms with Gasteiger partial charge in [-0.25, -0.2) is 13.8 Å². The van der Waals surface area contributed by atoms with Crippen LogP contribution in [0.2, 0.25) is 0 Å². The van der Waals surface area contributed by atoms with Gasteiger partial charge in [0.1, 0.15) is 5.82 Å². The third kappa shape index (κ3) is 2.92. The number of nitrogens with one attached hydrogen (secondary N) is 1. The maximum absolute atomic E-state index is 13.2. The first kappa shape index (κ1) is 15.1. The number of benzene rings is 2. The molecule has 1 amide bonds. The summed E-state index contributed by atoms with van der Waals surface area (Å²) in [5.74, 6) is -1.57. The molecule has 0 saturated heterocycles. The van der Waals surface area contributed by atoms with Crippen molar-refractivity contribution in [3.05, 3.63) is 65.0 Å². The fraction of sp³-hybridized carbons (Fsp3) is 0.176. The Morgan fingerprint density at radius 2 is 1.96 bits per heavy atom. The molecule has 0 bridgehead atoms. The molecule has 0 saturated carbocycles. The quantitative estimate of drug-likeness (QED) is 0.807. The standard InChI is InChI=1S/C17H15F2N3O/c1-10-21-15-7-11(3-6-16(15)22(10)2)9-20-17(23)12-4-5-13(18)14(19)8-12/h3-8H,9H2,1-2H3,(H,20,23). The van der Waals surface area contributed by atoms with Crippen LogP contribution in [0, 0.1) is 18.6 Å². The molecule has 4 nitrogen and oxygen atoms in total. The predicted octanol–water partition coefficient (Wildman–Crippen LogP) is 3.09. The monoisotopic (exact) mass is 315 g/mol. The van der Waals surface area contributed by atoms with Crippen LogP contribution in [0.4, 0.5) is 8.78 Å². The Hall–Kier alpha value is -2.76. The molecule has 1 heterocycles. The fourth-order valence-electron chi connectivity index (χ4n) is 2.40. The smallest absolute Gasteiger partial charge is 0.251 e. The Bertz CT molecular complexity index is 902. The van der Waals surface area contributed by atoms with Crippen LogP contribution in [0.15, 0.2) is 36.4 Å². The van der Waals surface area contributed by atoms with Crippen molar-refractivity contribution in [2.24, 2.45) is 7.05 Å². The Kier molecular flexibility index (Phi) is 3.82. The summed E-state index contributed by atoms with van der Waals surface area (Å²) in [5, 5.41) is 2.69. The first-order chi connectivity index (χ1) is 11.0. The zero-order valence-electron chi connectivity index (χ0n) is 12.7. The number of aryl methyl sites for hydroxylation is 2. The van der Waals surface area contributed by atoms with Gasteiger partial charge >= 0.3 is 0 Å². The van der Waals surface area contributed by atoms with E-state index < -0.39 is 17.5 Å². The van der Waals surface area contributed by atoms with Gasteiger partial charge in [-0.3, -0.25) is 4.79 Å². The van der Waals surface area contributed by atoms with Crippen molar-refractivity contribution in [3.63, 3.8) is 0 Å². The third-order valence-electron chi connectivity index (χ3n) is 3.80. The van der Waals surface area contributed by atoms with E-state index in [4.69, 9.17) is 0 Å². The molecular weight excluding hydrogens is 300 g/mol. The molecule has 118 valence electrons. The molecule has 6 heteroatoms. The van der Waals surface area contributed by atoms with Gasteiger partial charge < -0.3 is 9.88 Å². The summed E-state index contributed by atoms with van der Waals surface area (Å²) in [4.78, 5) is 16.4. The zero-order valence-corrected chi connectivity index (χ0v) is 12.7. The molecule has 0 radical (unpaired) electrons. The van der Waals surface area contributed by atoms with E-state index in [0.717, 1.165) is 34.6 Å². The van der Waals surface area contributed by atoms with E-state index >= 15 is 0 Å². The van der Waals surface area contributed by atoms with Crippen molar-refractivity contribution in [1.29, 1.82) is 0 Å². The Balaban J connectivity index is 1.74. The number of nitrogens with zero attached hydrogens (tertiary/aromatic N) is 2. The van der Waals surface area contributed by atoms with Crippen molar-refractivity contribution in [1.82, 2.24) is 14.9 Å². The number of halogens is 2. The summed E-state index contributed by atoms with van der Waals surface area (Å²) in [7, 11) is 1.94. The Morgan fingerprint density at radius 3 is 2.70 bits per heavy atom. The normalized spacial score (nSPS) is 11.0. The summed E-state index contributed by atoms with van der Waals surface area (Å²) < 4.78 is 28.0. The maximum Gasteiger partial charge on any atom is 0.251 e. The van der Waals surface area contributed by atoms with E-state index in [0.29, 0.717) is 0 Å². The minimum absolute atomic E-state index is 0.0821. The summed E-state index contributed by atoms with van der Waals surface area (Å²) in [5.41, 5.74) is 2.83. The molecule has 0 aliphatic carbocycles. The first-order valence-corrected chi connectivity index (χ1v) is 7.11. The highest BCUT2D eigenvalue weighted by atomic mass is 19.2. The van der Waals surface area contributed by atoms with E-state index in [1.54, 1.807) is 0 Å². The number of hydrogen-bond donors (Lipinski definition) is 1. The predicted molar refractivity (Wildman–Crippen MR) is 83.0 cm³/mol. The molecule has 3 rings (SSSR count). The summed E-state index contributed by atoms with van der Waals surface area (Å²) in [6.45, 7) is 2.20. The lowest BCUT2D eigenvalue weighted by molar-refractivity contribution is 0.0950. The molecular formula is C17H15F2N3O. The van der Waals surface area contributed by atoms with Gasteiger partial charge in [0.2, 0.25) is 0 Å². The highest BCUT2D eigenvalue weighted by Crippen LogP contribution is 2.16. The largest absolute Gasteiger partial charge is 0.348 e. The lowest BCUT2D eigenvalue weighted by Gasteiger charge is -2.06. The summed E-state index contributed by atoms with van der Waals surface area (Å²) in [6.07, 6.45) is 0. The minimum Gasteiger partial charge on any atom is -0.348 e. The van der Waals surface area contributed by atoms with E-state index in [9.17, 15) is 13.6 Å².